The Morgan fingerprint density at radius 1 is 0.617 bits per heavy atom. The number of aliphatic hydroxyl groups excluding tert-OH is 4. The first-order chi connectivity index (χ1) is 51.1. The predicted octanol–water partition coefficient (Wildman–Crippen LogP) is 8.94. The first-order valence-corrected chi connectivity index (χ1v) is 39.7. The summed E-state index contributed by atoms with van der Waals surface area (Å²) in [7, 11) is 12.6. The van der Waals surface area contributed by atoms with E-state index in [9.17, 15) is 39.6 Å². The number of carbonyl (C=O) groups excluding carboxylic acids is 4. The minimum Gasteiger partial charge on any atom is -0.496 e. The van der Waals surface area contributed by atoms with Crippen LogP contribution < -0.4 is 40.5 Å². The molecule has 584 valence electrons. The van der Waals surface area contributed by atoms with Gasteiger partial charge in [0.2, 0.25) is 11.8 Å². The number of aliphatic hydroxyl groups is 4. The minimum absolute atomic E-state index is 0.0327. The zero-order chi connectivity index (χ0) is 76.9. The number of benzene rings is 5. The van der Waals surface area contributed by atoms with Gasteiger partial charge in [-0.05, 0) is 145 Å². The molecule has 3 heterocycles. The Morgan fingerprint density at radius 2 is 1.07 bits per heavy atom. The molecule has 22 nitrogen and oxygen atoms in total. The summed E-state index contributed by atoms with van der Waals surface area (Å²) in [5.74, 6) is 4.33. The van der Waals surface area contributed by atoms with Crippen molar-refractivity contribution < 1.29 is 63.5 Å². The maximum atomic E-state index is 14.3. The van der Waals surface area contributed by atoms with Crippen LogP contribution in [0.3, 0.4) is 0 Å². The van der Waals surface area contributed by atoms with E-state index in [0.29, 0.717) is 77.7 Å². The Kier molecular flexibility index (Phi) is 26.5. The molecule has 9 fully saturated rings. The van der Waals surface area contributed by atoms with Crippen LogP contribution in [0.5, 0.6) is 11.5 Å². The Hall–Kier alpha value is -6.87. The molecule has 6 aliphatic carbocycles. The van der Waals surface area contributed by atoms with Crippen LogP contribution in [0.25, 0.3) is 22.3 Å². The molecule has 107 heavy (non-hydrogen) atoms. The number of fused-ring (bicyclic) bond motifs is 4. The number of methoxy groups -OCH3 is 3. The smallest absolute Gasteiger partial charge is 0.251 e. The number of anilines is 2. The van der Waals surface area contributed by atoms with Gasteiger partial charge in [-0.1, -0.05) is 108 Å². The molecular formula is C84H119N9O13S. The highest BCUT2D eigenvalue weighted by Gasteiger charge is 2.59. The van der Waals surface area contributed by atoms with Gasteiger partial charge in [0, 0.05) is 142 Å². The van der Waals surface area contributed by atoms with Crippen LogP contribution in [0.4, 0.5) is 11.4 Å². The molecule has 9 aliphatic rings. The Morgan fingerprint density at radius 3 is 1.48 bits per heavy atom. The normalized spacial score (nSPS) is 28.0. The Bertz CT molecular complexity index is 3870. The van der Waals surface area contributed by atoms with E-state index in [1.165, 1.54) is 12.8 Å². The lowest BCUT2D eigenvalue weighted by molar-refractivity contribution is -0.183. The van der Waals surface area contributed by atoms with Crippen LogP contribution in [0.15, 0.2) is 103 Å². The number of amides is 4. The molecule has 23 heteroatoms. The van der Waals surface area contributed by atoms with Crippen molar-refractivity contribution in [2.45, 2.75) is 155 Å². The van der Waals surface area contributed by atoms with Gasteiger partial charge in [0.15, 0.2) is 0 Å². The van der Waals surface area contributed by atoms with Crippen molar-refractivity contribution in [1.29, 1.82) is 0 Å². The predicted molar refractivity (Wildman–Crippen MR) is 420 cm³/mol. The number of nitrogens with zero attached hydrogens (tertiary/aromatic N) is 5. The number of para-hydroxylation sites is 2. The van der Waals surface area contributed by atoms with Gasteiger partial charge in [-0.3, -0.25) is 33.8 Å². The maximum Gasteiger partial charge on any atom is 0.251 e. The summed E-state index contributed by atoms with van der Waals surface area (Å²) < 4.78 is 17.6. The van der Waals surface area contributed by atoms with Crippen LogP contribution in [-0.4, -0.2) is 221 Å². The highest BCUT2D eigenvalue weighted by atomic mass is 32.2. The lowest BCUT2D eigenvalue weighted by atomic mass is 9.45. The molecule has 14 rings (SSSR count). The second kappa shape index (κ2) is 35.0. The molecule has 0 aromatic heterocycles. The van der Waals surface area contributed by atoms with Gasteiger partial charge in [0.1, 0.15) is 35.8 Å². The molecule has 4 amide bonds. The topological polar surface area (TPSA) is 260 Å². The van der Waals surface area contributed by atoms with Crippen molar-refractivity contribution in [2.75, 3.05) is 117 Å². The van der Waals surface area contributed by atoms with Gasteiger partial charge in [-0.15, -0.1) is 0 Å². The van der Waals surface area contributed by atoms with Crippen LogP contribution in [-0.2, 0) is 43.5 Å². The van der Waals surface area contributed by atoms with Crippen molar-refractivity contribution >= 4 is 46.8 Å². The fourth-order valence-electron chi connectivity index (χ4n) is 18.7. The number of hydrogen-bond acceptors (Lipinski definition) is 19. The molecular weight excluding hydrogens is 1380 g/mol. The first kappa shape index (κ1) is 81.1. The molecule has 3 saturated heterocycles. The van der Waals surface area contributed by atoms with Gasteiger partial charge in [0.05, 0.1) is 65.4 Å². The van der Waals surface area contributed by atoms with Crippen molar-refractivity contribution in [3.05, 3.63) is 131 Å². The number of hydroxylamine groups is 4. The third-order valence-corrected chi connectivity index (χ3v) is 26.2. The molecule has 6 saturated carbocycles. The number of carbonyl (C=O) groups is 4. The van der Waals surface area contributed by atoms with Crippen LogP contribution >= 0.6 is 11.8 Å². The monoisotopic (exact) mass is 1490 g/mol. The number of thioether (sulfide) groups is 1. The molecule has 5 aromatic carbocycles. The zero-order valence-electron chi connectivity index (χ0n) is 65.6. The number of rotatable bonds is 28. The van der Waals surface area contributed by atoms with Crippen molar-refractivity contribution in [2.24, 2.45) is 58.2 Å². The van der Waals surface area contributed by atoms with Crippen LogP contribution in [0.2, 0.25) is 0 Å². The van der Waals surface area contributed by atoms with Crippen LogP contribution in [0, 0.1) is 58.2 Å². The fraction of sp³-hybridized carbons (Fsp3) is 0.595. The quantitative estimate of drug-likeness (QED) is 0.0232. The summed E-state index contributed by atoms with van der Waals surface area (Å²) in [6.07, 6.45) is 1.59. The number of nitrogens with one attached hydrogen (secondary N) is 4. The maximum absolute atomic E-state index is 14.3. The van der Waals surface area contributed by atoms with E-state index in [0.717, 1.165) is 94.3 Å². The molecule has 5 aromatic rings. The SMILES string of the molecule is COC[C@H](Cc1ccccc1)NC(=O)c1cc(-c2cccc(CN3O[C@@H](CO)[C@@H]([C@H](C)O)[C@H]3C(=O)N[C@H]3C[C@H]4C[C@@H]([C@@H]3C)C4(C)C)c2OC)cc(N(C)C)c1.COc1c(CN2O[C@@H](CO)[C@H]([C@H](C)O)[C@H]2C(=O)N[C@H]2C[C@H]3C[C@@H]([C@@H]2C)C3(C)C)cccc1-c1cc(C(=O)NCCN2CCSCC2)cc(N(C)C)c1. The summed E-state index contributed by atoms with van der Waals surface area (Å²) in [5.41, 5.74) is 9.13. The molecule has 0 spiro atoms. The van der Waals surface area contributed by atoms with Gasteiger partial charge in [0.25, 0.3) is 11.8 Å². The second-order valence-electron chi connectivity index (χ2n) is 32.8. The first-order valence-electron chi connectivity index (χ1n) is 38.6. The van der Waals surface area contributed by atoms with E-state index < -0.39 is 48.3 Å². The van der Waals surface area contributed by atoms with Crippen molar-refractivity contribution in [1.82, 2.24) is 36.3 Å². The van der Waals surface area contributed by atoms with Gasteiger partial charge >= 0.3 is 0 Å². The molecule has 4 bridgehead atoms. The highest BCUT2D eigenvalue weighted by molar-refractivity contribution is 7.99. The van der Waals surface area contributed by atoms with Crippen LogP contribution in [0.1, 0.15) is 118 Å². The fourth-order valence-corrected chi connectivity index (χ4v) is 19.7. The average Bonchev–Trinajstić information content (AvgIpc) is 1.52. The third-order valence-electron chi connectivity index (χ3n) is 25.2. The summed E-state index contributed by atoms with van der Waals surface area (Å²) in [6, 6.07) is 31.4. The average molecular weight is 1490 g/mol. The van der Waals surface area contributed by atoms with Gasteiger partial charge in [-0.25, -0.2) is 0 Å². The van der Waals surface area contributed by atoms with E-state index in [2.05, 4.69) is 67.7 Å². The van der Waals surface area contributed by atoms with E-state index in [1.54, 1.807) is 45.3 Å². The molecule has 0 unspecified atom stereocenters. The number of ether oxygens (including phenoxy) is 3. The van der Waals surface area contributed by atoms with Gasteiger partial charge in [-0.2, -0.15) is 21.9 Å². The van der Waals surface area contributed by atoms with Crippen molar-refractivity contribution in [3.8, 4) is 33.8 Å². The van der Waals surface area contributed by atoms with Crippen molar-refractivity contribution in [3.63, 3.8) is 0 Å². The highest BCUT2D eigenvalue weighted by Crippen LogP contribution is 2.62. The van der Waals surface area contributed by atoms with E-state index in [4.69, 9.17) is 23.9 Å². The molecule has 17 atom stereocenters. The standard InChI is InChI=1S/C44H60N4O7.C40H59N5O6S/c1-26-36-21-32(44(36,3)4)22-37(26)46-43(52)40-39(27(2)50)38(24-49)55-48(40)23-29-15-12-16-35(41(29)54-8)30-18-31(20-34(19-30)47(5)6)42(51)45-33(25-53-7)17-28-13-10-9-11-14-28;1-24-32-20-29(40(32,3)4)21-33(24)42-39(49)36-35(25(2)47)34(23-46)51-45(36)22-26-9-8-10-31(37(26)50-7)27-17-28(19-30(18-27)43(5)6)38(48)41-11-12-44-13-15-52-16-14-44/h9-16,18-20,26-27,32-33,36-40,49-50H,17,21-25H2,1-8H3,(H,45,51)(H,46,52);8-10,17-19,24-25,29,32-36,46-47H,11-16,20-23H2,1-7H3,(H,41,48)(H,42,49)/t26-,27-,32+,33-,36-,37-,38-,39+,40-;24-,25-,29+,32-,33-,34-,35-,36-/m00/s1. The van der Waals surface area contributed by atoms with E-state index in [-0.39, 0.29) is 78.9 Å². The van der Waals surface area contributed by atoms with Gasteiger partial charge < -0.3 is 65.7 Å². The minimum atomic E-state index is -0.906. The lowest BCUT2D eigenvalue weighted by Gasteiger charge is -2.62. The van der Waals surface area contributed by atoms with E-state index >= 15 is 0 Å². The summed E-state index contributed by atoms with van der Waals surface area (Å²) in [5, 5.41) is 58.8. The third kappa shape index (κ3) is 17.7. The Balaban J connectivity index is 0.000000214. The largest absolute Gasteiger partial charge is 0.496 e. The molecule has 3 aliphatic heterocycles. The lowest BCUT2D eigenvalue weighted by Crippen LogP contribution is -2.62. The molecule has 8 N–H and O–H groups in total. The Labute approximate surface area is 638 Å². The summed E-state index contributed by atoms with van der Waals surface area (Å²) >= 11 is 1.97. The summed E-state index contributed by atoms with van der Waals surface area (Å²) in [6.45, 7) is 20.7. The molecule has 0 radical (unpaired) electrons. The second-order valence-corrected chi connectivity index (χ2v) is 34.0. The number of hydrogen-bond donors (Lipinski definition) is 8. The zero-order valence-corrected chi connectivity index (χ0v) is 66.4. The summed E-state index contributed by atoms with van der Waals surface area (Å²) in [4.78, 5) is 74.7. The van der Waals surface area contributed by atoms with E-state index in [1.807, 2.05) is 153 Å².